The molecular weight excluding hydrogens is 342 g/mol. The van der Waals surface area contributed by atoms with Crippen LogP contribution in [-0.2, 0) is 6.42 Å². The Morgan fingerprint density at radius 3 is 2.63 bits per heavy atom. The number of ether oxygens (including phenoxy) is 1. The number of rotatable bonds is 7. The fourth-order valence-corrected chi connectivity index (χ4v) is 3.24. The minimum atomic E-state index is -0.213. The Balaban J connectivity index is 1.42. The van der Waals surface area contributed by atoms with E-state index in [0.29, 0.717) is 11.6 Å². The molecular formula is C20H27N5O2. The molecule has 1 aromatic carbocycles. The number of nitrogens with one attached hydrogen (secondary N) is 3. The van der Waals surface area contributed by atoms with Gasteiger partial charge in [-0.1, -0.05) is 31.4 Å². The zero-order chi connectivity index (χ0) is 18.9. The molecule has 1 aromatic heterocycles. The van der Waals surface area contributed by atoms with Crippen molar-refractivity contribution in [3.63, 3.8) is 0 Å². The topological polar surface area (TPSA) is 88.2 Å². The molecule has 2 amide bonds. The number of hydrogen-bond donors (Lipinski definition) is 3. The van der Waals surface area contributed by atoms with Gasteiger partial charge < -0.3 is 15.4 Å². The molecule has 0 unspecified atom stereocenters. The second kappa shape index (κ2) is 9.75. The summed E-state index contributed by atoms with van der Waals surface area (Å²) in [6, 6.07) is 11.6. The first kappa shape index (κ1) is 18.9. The summed E-state index contributed by atoms with van der Waals surface area (Å²) >= 11 is 0. The number of urea groups is 1. The lowest BCUT2D eigenvalue weighted by Crippen LogP contribution is -2.39. The molecule has 0 bridgehead atoms. The van der Waals surface area contributed by atoms with Crippen LogP contribution >= 0.6 is 0 Å². The highest BCUT2D eigenvalue weighted by atomic mass is 16.5. The van der Waals surface area contributed by atoms with Crippen molar-refractivity contribution in [2.75, 3.05) is 24.3 Å². The molecule has 1 saturated carbocycles. The van der Waals surface area contributed by atoms with Crippen LogP contribution < -0.4 is 20.7 Å². The van der Waals surface area contributed by atoms with Gasteiger partial charge in [0.1, 0.15) is 11.6 Å². The molecule has 0 saturated heterocycles. The molecule has 27 heavy (non-hydrogen) atoms. The van der Waals surface area contributed by atoms with Gasteiger partial charge in [-0.25, -0.2) is 4.79 Å². The number of nitrogens with zero attached hydrogens (tertiary/aromatic N) is 2. The van der Waals surface area contributed by atoms with Crippen molar-refractivity contribution in [1.82, 2.24) is 15.5 Å². The number of carbonyl (C=O) groups excluding carboxylic acids is 1. The maximum Gasteiger partial charge on any atom is 0.320 e. The van der Waals surface area contributed by atoms with Gasteiger partial charge in [0.2, 0.25) is 0 Å². The number of methoxy groups -OCH3 is 1. The Morgan fingerprint density at radius 1 is 1.11 bits per heavy atom. The molecule has 0 spiro atoms. The predicted molar refractivity (Wildman–Crippen MR) is 106 cm³/mol. The van der Waals surface area contributed by atoms with E-state index >= 15 is 0 Å². The summed E-state index contributed by atoms with van der Waals surface area (Å²) in [5.41, 5.74) is 1.19. The molecule has 1 fully saturated rings. The van der Waals surface area contributed by atoms with Gasteiger partial charge in [0.15, 0.2) is 5.82 Å². The maximum atomic E-state index is 12.0. The van der Waals surface area contributed by atoms with E-state index in [2.05, 4.69) is 32.2 Å². The van der Waals surface area contributed by atoms with Gasteiger partial charge >= 0.3 is 6.03 Å². The lowest BCUT2D eigenvalue weighted by molar-refractivity contribution is 0.244. The third-order valence-electron chi connectivity index (χ3n) is 4.70. The smallest absolute Gasteiger partial charge is 0.320 e. The van der Waals surface area contributed by atoms with E-state index in [-0.39, 0.29) is 12.1 Å². The molecule has 0 aliphatic heterocycles. The Hall–Kier alpha value is -2.83. The number of aromatic nitrogens is 2. The lowest BCUT2D eigenvalue weighted by atomic mass is 9.96. The summed E-state index contributed by atoms with van der Waals surface area (Å²) in [4.78, 5) is 12.0. The van der Waals surface area contributed by atoms with E-state index in [4.69, 9.17) is 4.74 Å². The highest BCUT2D eigenvalue weighted by Gasteiger charge is 2.15. The molecule has 3 N–H and O–H groups in total. The molecule has 7 nitrogen and oxygen atoms in total. The second-order valence-corrected chi connectivity index (χ2v) is 6.77. The Morgan fingerprint density at radius 2 is 1.89 bits per heavy atom. The molecule has 0 radical (unpaired) electrons. The van der Waals surface area contributed by atoms with Crippen LogP contribution in [-0.4, -0.2) is 35.9 Å². The summed E-state index contributed by atoms with van der Waals surface area (Å²) < 4.78 is 5.23. The molecule has 7 heteroatoms. The van der Waals surface area contributed by atoms with Gasteiger partial charge in [0.05, 0.1) is 7.11 Å². The minimum Gasteiger partial charge on any atom is -0.497 e. The molecule has 3 rings (SSSR count). The normalized spacial score (nSPS) is 14.4. The minimum absolute atomic E-state index is 0.213. The summed E-state index contributed by atoms with van der Waals surface area (Å²) in [6.07, 6.45) is 6.58. The van der Waals surface area contributed by atoms with Crippen LogP contribution in [0.25, 0.3) is 0 Å². The van der Waals surface area contributed by atoms with Crippen molar-refractivity contribution in [1.29, 1.82) is 0 Å². The van der Waals surface area contributed by atoms with Crippen molar-refractivity contribution in [2.24, 2.45) is 0 Å². The van der Waals surface area contributed by atoms with Crippen molar-refractivity contribution in [3.8, 4) is 5.75 Å². The van der Waals surface area contributed by atoms with Gasteiger partial charge in [-0.3, -0.25) is 5.32 Å². The lowest BCUT2D eigenvalue weighted by Gasteiger charge is -2.22. The molecule has 0 atom stereocenters. The van der Waals surface area contributed by atoms with Crippen molar-refractivity contribution in [3.05, 3.63) is 42.0 Å². The SMILES string of the molecule is COc1cccc(CCNc2ccc(NC(=O)NC3CCCCC3)nn2)c1. The van der Waals surface area contributed by atoms with Crippen LogP contribution in [0.2, 0.25) is 0 Å². The fraction of sp³-hybridized carbons (Fsp3) is 0.450. The van der Waals surface area contributed by atoms with Crippen LogP contribution in [0.1, 0.15) is 37.7 Å². The van der Waals surface area contributed by atoms with Crippen LogP contribution in [0.3, 0.4) is 0 Å². The van der Waals surface area contributed by atoms with E-state index in [0.717, 1.165) is 31.6 Å². The number of anilines is 2. The monoisotopic (exact) mass is 369 g/mol. The number of benzene rings is 1. The van der Waals surface area contributed by atoms with Crippen LogP contribution in [0, 0.1) is 0 Å². The van der Waals surface area contributed by atoms with Crippen molar-refractivity contribution in [2.45, 2.75) is 44.6 Å². The van der Waals surface area contributed by atoms with Crippen LogP contribution in [0.5, 0.6) is 5.75 Å². The van der Waals surface area contributed by atoms with Gasteiger partial charge in [0.25, 0.3) is 0 Å². The van der Waals surface area contributed by atoms with E-state index in [1.54, 1.807) is 13.2 Å². The molecule has 1 aliphatic carbocycles. The summed E-state index contributed by atoms with van der Waals surface area (Å²) in [5.74, 6) is 1.98. The Kier molecular flexibility index (Phi) is 6.84. The third kappa shape index (κ3) is 6.13. The van der Waals surface area contributed by atoms with Crippen molar-refractivity contribution < 1.29 is 9.53 Å². The van der Waals surface area contributed by atoms with E-state index in [1.807, 2.05) is 24.3 Å². The molecule has 1 heterocycles. The van der Waals surface area contributed by atoms with Crippen LogP contribution in [0.4, 0.5) is 16.4 Å². The molecule has 1 aliphatic rings. The van der Waals surface area contributed by atoms with Gasteiger partial charge in [-0.15, -0.1) is 10.2 Å². The number of hydrogen-bond acceptors (Lipinski definition) is 5. The Bertz CT molecular complexity index is 729. The number of amides is 2. The average molecular weight is 369 g/mol. The third-order valence-corrected chi connectivity index (χ3v) is 4.70. The highest BCUT2D eigenvalue weighted by Crippen LogP contribution is 2.17. The fourth-order valence-electron chi connectivity index (χ4n) is 3.24. The van der Waals surface area contributed by atoms with Crippen molar-refractivity contribution >= 4 is 17.7 Å². The van der Waals surface area contributed by atoms with Gasteiger partial charge in [-0.2, -0.15) is 0 Å². The molecule has 144 valence electrons. The zero-order valence-electron chi connectivity index (χ0n) is 15.7. The highest BCUT2D eigenvalue weighted by molar-refractivity contribution is 5.88. The van der Waals surface area contributed by atoms with Crippen LogP contribution in [0.15, 0.2) is 36.4 Å². The first-order valence-electron chi connectivity index (χ1n) is 9.51. The second-order valence-electron chi connectivity index (χ2n) is 6.77. The first-order chi connectivity index (χ1) is 13.2. The largest absolute Gasteiger partial charge is 0.497 e. The van der Waals surface area contributed by atoms with E-state index in [9.17, 15) is 4.79 Å². The summed E-state index contributed by atoms with van der Waals surface area (Å²) in [7, 11) is 1.66. The average Bonchev–Trinajstić information content (AvgIpc) is 2.70. The summed E-state index contributed by atoms with van der Waals surface area (Å²) in [5, 5.41) is 17.2. The zero-order valence-corrected chi connectivity index (χ0v) is 15.7. The maximum absolute atomic E-state index is 12.0. The molecule has 2 aromatic rings. The number of carbonyl (C=O) groups is 1. The van der Waals surface area contributed by atoms with E-state index in [1.165, 1.54) is 24.8 Å². The Labute approximate surface area is 159 Å². The summed E-state index contributed by atoms with van der Waals surface area (Å²) in [6.45, 7) is 0.733. The quantitative estimate of drug-likeness (QED) is 0.694. The van der Waals surface area contributed by atoms with Gasteiger partial charge in [-0.05, 0) is 49.1 Å². The first-order valence-corrected chi connectivity index (χ1v) is 9.51. The standard InChI is InChI=1S/C20H27N5O2/c1-27-17-9-5-6-15(14-17)12-13-21-18-10-11-19(25-24-18)23-20(26)22-16-7-3-2-4-8-16/h5-6,9-11,14,16H,2-4,7-8,12-13H2,1H3,(H,21,24)(H2,22,23,25,26). The van der Waals surface area contributed by atoms with E-state index < -0.39 is 0 Å². The predicted octanol–water partition coefficient (Wildman–Crippen LogP) is 3.59. The van der Waals surface area contributed by atoms with Gasteiger partial charge in [0, 0.05) is 12.6 Å².